The average Bonchev–Trinajstić information content (AvgIpc) is 3.73. The van der Waals surface area contributed by atoms with E-state index < -0.39 is 0 Å². The van der Waals surface area contributed by atoms with Crippen LogP contribution in [0.15, 0.2) is 163 Å². The predicted octanol–water partition coefficient (Wildman–Crippen LogP) is 13.7. The first-order valence-electron chi connectivity index (χ1n) is 22.1. The summed E-state index contributed by atoms with van der Waals surface area (Å²) in [5.41, 5.74) is 16.9. The molecule has 0 fully saturated rings. The van der Waals surface area contributed by atoms with Gasteiger partial charge in [0.1, 0.15) is 20.2 Å². The summed E-state index contributed by atoms with van der Waals surface area (Å²) in [6.45, 7) is 9.08. The van der Waals surface area contributed by atoms with E-state index >= 15 is 0 Å². The number of nitrogens with one attached hydrogen (secondary N) is 3. The highest BCUT2D eigenvalue weighted by Crippen LogP contribution is 2.51. The molecule has 2 aliphatic carbocycles. The summed E-state index contributed by atoms with van der Waals surface area (Å²) in [5.74, 6) is 0. The Hall–Kier alpha value is -7.40. The Morgan fingerprint density at radius 2 is 0.836 bits per heavy atom. The van der Waals surface area contributed by atoms with E-state index in [2.05, 4.69) is 118 Å². The van der Waals surface area contributed by atoms with Gasteiger partial charge in [0.05, 0.1) is 45.2 Å². The third-order valence-electron chi connectivity index (χ3n) is 13.3. The van der Waals surface area contributed by atoms with E-state index in [-0.39, 0.29) is 26.0 Å². The van der Waals surface area contributed by atoms with Crippen LogP contribution in [0.2, 0.25) is 0 Å². The average molecular weight is 905 g/mol. The van der Waals surface area contributed by atoms with Crippen LogP contribution in [-0.4, -0.2) is 47.2 Å². The lowest BCUT2D eigenvalue weighted by atomic mass is 9.82. The number of hydrogen-bond donors (Lipinski definition) is 3. The summed E-state index contributed by atoms with van der Waals surface area (Å²) in [4.78, 5) is 24.5. The van der Waals surface area contributed by atoms with Crippen LogP contribution in [0, 0.1) is 16.2 Å². The van der Waals surface area contributed by atoms with Crippen LogP contribution in [0.1, 0.15) is 72.7 Å². The molecule has 324 valence electrons. The molecule has 10 heteroatoms. The van der Waals surface area contributed by atoms with Crippen LogP contribution in [0.5, 0.6) is 0 Å². The fraction of sp³-hybridized carbons (Fsp3) is 0.123. The number of aliphatic imine (C=N–C) groups is 1. The zero-order chi connectivity index (χ0) is 46.2. The molecular weight excluding hydrogens is 861 g/mol. The Balaban J connectivity index is 0.819. The van der Waals surface area contributed by atoms with Gasteiger partial charge in [0.25, 0.3) is 0 Å². The Bertz CT molecular complexity index is 3630. The van der Waals surface area contributed by atoms with Gasteiger partial charge in [-0.1, -0.05) is 137 Å². The monoisotopic (exact) mass is 904 g/mol. The van der Waals surface area contributed by atoms with Crippen LogP contribution in [0.3, 0.4) is 0 Å². The van der Waals surface area contributed by atoms with Gasteiger partial charge >= 0.3 is 0 Å². The van der Waals surface area contributed by atoms with Crippen molar-refractivity contribution in [3.63, 3.8) is 0 Å². The summed E-state index contributed by atoms with van der Waals surface area (Å²) in [6.07, 6.45) is 0. The van der Waals surface area contributed by atoms with Crippen molar-refractivity contribution in [1.29, 1.82) is 16.2 Å². The minimum atomic E-state index is -0.136. The maximum absolute atomic E-state index is 9.23. The molecule has 3 N–H and O–H groups in total. The Labute approximate surface area is 397 Å². The number of rotatable bonds is 6. The lowest BCUT2D eigenvalue weighted by Crippen LogP contribution is -2.15. The molecule has 0 saturated heterocycles. The summed E-state index contributed by atoms with van der Waals surface area (Å²) in [5, 5.41) is 30.2. The summed E-state index contributed by atoms with van der Waals surface area (Å²) >= 11 is 2.23. The predicted molar refractivity (Wildman–Crippen MR) is 280 cm³/mol. The van der Waals surface area contributed by atoms with Crippen LogP contribution in [0.4, 0.5) is 0 Å². The minimum Gasteiger partial charge on any atom is -0.292 e. The van der Waals surface area contributed by atoms with E-state index in [1.165, 1.54) is 56.3 Å². The topological polar surface area (TPSA) is 135 Å². The zero-order valence-electron chi connectivity index (χ0n) is 37.6. The van der Waals surface area contributed by atoms with Crippen LogP contribution in [0.25, 0.3) is 66.6 Å². The molecule has 0 atom stereocenters. The number of fused-ring (bicyclic) bond motifs is 9. The smallest absolute Gasteiger partial charge is 0.122 e. The van der Waals surface area contributed by atoms with Crippen molar-refractivity contribution in [2.45, 2.75) is 38.5 Å². The number of benzene rings is 5. The standard InChI is InChI=1S/C57H44N8S2/c1-56(2)40-14-8-6-12-36(40)38-26-22-34(30-42(38)56)44-16-10-18-46(62-44)52(58)66-53(59)47-28-24-32-20-21-33-25-29-48(65-51(33)50(32)64-47)54(60)67-55(61-5)49-19-11-17-45(63-49)35-23-27-39-37-13-7-9-15-41(37)57(3,4)43(39)31-35/h6-31,58-60H,1-5H3/b58-52?,59-53?,60-54?,61-55-. The molecule has 0 aliphatic heterocycles. The first-order chi connectivity index (χ1) is 32.4. The molecule has 4 aromatic heterocycles. The second-order valence-corrected chi connectivity index (χ2v) is 20.0. The fourth-order valence-electron chi connectivity index (χ4n) is 9.75. The van der Waals surface area contributed by atoms with E-state index in [9.17, 15) is 5.41 Å². The Morgan fingerprint density at radius 3 is 1.34 bits per heavy atom. The molecular formula is C57H44N8S2. The maximum Gasteiger partial charge on any atom is 0.122 e. The van der Waals surface area contributed by atoms with E-state index in [4.69, 9.17) is 30.8 Å². The highest BCUT2D eigenvalue weighted by atomic mass is 32.2. The third-order valence-corrected chi connectivity index (χ3v) is 15.1. The molecule has 0 unspecified atom stereocenters. The fourth-order valence-corrected chi connectivity index (χ4v) is 11.1. The van der Waals surface area contributed by atoms with E-state index in [0.29, 0.717) is 38.9 Å². The lowest BCUT2D eigenvalue weighted by Gasteiger charge is -2.22. The molecule has 67 heavy (non-hydrogen) atoms. The van der Waals surface area contributed by atoms with Gasteiger partial charge in [0.15, 0.2) is 0 Å². The highest BCUT2D eigenvalue weighted by Gasteiger charge is 2.36. The molecule has 0 radical (unpaired) electrons. The van der Waals surface area contributed by atoms with Crippen LogP contribution < -0.4 is 0 Å². The molecule has 4 heterocycles. The molecule has 2 aliphatic rings. The molecule has 0 saturated carbocycles. The second-order valence-electron chi connectivity index (χ2n) is 18.0. The molecule has 5 aromatic carbocycles. The normalized spacial score (nSPS) is 14.1. The van der Waals surface area contributed by atoms with Crippen molar-refractivity contribution in [2.75, 3.05) is 7.05 Å². The van der Waals surface area contributed by atoms with Crippen LogP contribution in [-0.2, 0) is 10.8 Å². The summed E-state index contributed by atoms with van der Waals surface area (Å²) in [7, 11) is 1.72. The molecule has 0 bridgehead atoms. The molecule has 0 amide bonds. The minimum absolute atomic E-state index is 0.123. The van der Waals surface area contributed by atoms with Gasteiger partial charge in [-0.15, -0.1) is 0 Å². The first-order valence-corrected chi connectivity index (χ1v) is 23.8. The highest BCUT2D eigenvalue weighted by molar-refractivity contribution is 8.27. The first kappa shape index (κ1) is 42.2. The van der Waals surface area contributed by atoms with Gasteiger partial charge in [0.2, 0.25) is 0 Å². The third kappa shape index (κ3) is 7.19. The van der Waals surface area contributed by atoms with Crippen molar-refractivity contribution in [3.05, 3.63) is 203 Å². The van der Waals surface area contributed by atoms with Gasteiger partial charge in [-0.3, -0.25) is 21.2 Å². The molecule has 0 spiro atoms. The lowest BCUT2D eigenvalue weighted by molar-refractivity contribution is 0.660. The zero-order valence-corrected chi connectivity index (χ0v) is 39.2. The molecule has 11 rings (SSSR count). The van der Waals surface area contributed by atoms with Crippen molar-refractivity contribution in [3.8, 4) is 44.8 Å². The second kappa shape index (κ2) is 16.2. The van der Waals surface area contributed by atoms with E-state index in [1.807, 2.05) is 66.7 Å². The SMILES string of the molecule is C/N=C(\SC(=N)c1ccc2ccc3ccc(C(=N)SC(=N)c4cccc(-c5ccc6c(c5)C(C)(C)c5ccccc5-6)n4)nc3c2n1)c1cccc(-c2ccc3c(c2)C(C)(C)c2ccccc2-3)n1. The Morgan fingerprint density at radius 1 is 0.418 bits per heavy atom. The number of aromatic nitrogens is 4. The van der Waals surface area contributed by atoms with E-state index in [0.717, 1.165) is 45.0 Å². The van der Waals surface area contributed by atoms with Crippen molar-refractivity contribution in [2.24, 2.45) is 4.99 Å². The number of nitrogens with zero attached hydrogens (tertiary/aromatic N) is 5. The Kier molecular flexibility index (Phi) is 10.2. The van der Waals surface area contributed by atoms with Gasteiger partial charge in [-0.25, -0.2) is 19.9 Å². The molecule has 8 nitrogen and oxygen atoms in total. The number of hydrogen-bond acceptors (Lipinski definition) is 10. The van der Waals surface area contributed by atoms with E-state index in [1.54, 1.807) is 13.1 Å². The maximum atomic E-state index is 9.23. The number of pyridine rings is 4. The summed E-state index contributed by atoms with van der Waals surface area (Å²) in [6, 6.07) is 53.5. The summed E-state index contributed by atoms with van der Waals surface area (Å²) < 4.78 is 0. The van der Waals surface area contributed by atoms with Crippen molar-refractivity contribution in [1.82, 2.24) is 19.9 Å². The van der Waals surface area contributed by atoms with Gasteiger partial charge in [0, 0.05) is 39.8 Å². The van der Waals surface area contributed by atoms with Crippen molar-refractivity contribution >= 4 is 65.5 Å². The van der Waals surface area contributed by atoms with Gasteiger partial charge in [-0.2, -0.15) is 0 Å². The largest absolute Gasteiger partial charge is 0.292 e. The molecule has 9 aromatic rings. The van der Waals surface area contributed by atoms with Gasteiger partial charge in [-0.05, 0) is 117 Å². The quantitative estimate of drug-likeness (QED) is 0.0864. The van der Waals surface area contributed by atoms with Crippen LogP contribution >= 0.6 is 23.5 Å². The van der Waals surface area contributed by atoms with Crippen molar-refractivity contribution < 1.29 is 0 Å². The number of thioether (sulfide) groups is 2. The van der Waals surface area contributed by atoms with Gasteiger partial charge < -0.3 is 0 Å².